The number of nitrogens with one attached hydrogen (secondary N) is 1. The molecule has 0 bridgehead atoms. The number of rotatable bonds is 5. The van der Waals surface area contributed by atoms with Gasteiger partial charge in [-0.1, -0.05) is 18.5 Å². The van der Waals surface area contributed by atoms with Crippen LogP contribution in [0, 0.1) is 5.92 Å². The molecule has 1 saturated heterocycles. The summed E-state index contributed by atoms with van der Waals surface area (Å²) in [6.07, 6.45) is 2.61. The number of carbonyl (C=O) groups is 1. The summed E-state index contributed by atoms with van der Waals surface area (Å²) < 4.78 is 0. The van der Waals surface area contributed by atoms with Crippen LogP contribution >= 0.6 is 11.6 Å². The Kier molecular flexibility index (Phi) is 4.61. The molecule has 0 aliphatic carbocycles. The molecule has 5 nitrogen and oxygen atoms in total. The Labute approximate surface area is 117 Å². The van der Waals surface area contributed by atoms with Crippen LogP contribution < -0.4 is 5.32 Å². The van der Waals surface area contributed by atoms with E-state index in [-0.39, 0.29) is 10.6 Å². The lowest BCUT2D eigenvalue weighted by Gasteiger charge is -2.15. The maximum atomic E-state index is 11.0. The van der Waals surface area contributed by atoms with Crippen molar-refractivity contribution in [3.05, 3.63) is 22.8 Å². The van der Waals surface area contributed by atoms with Crippen molar-refractivity contribution < 1.29 is 9.90 Å². The highest BCUT2D eigenvalue weighted by molar-refractivity contribution is 6.35. The summed E-state index contributed by atoms with van der Waals surface area (Å²) in [6.45, 7) is 6.19. The summed E-state index contributed by atoms with van der Waals surface area (Å²) in [5, 5.41) is 12.3. The maximum absolute atomic E-state index is 11.0. The van der Waals surface area contributed by atoms with Crippen molar-refractivity contribution in [2.75, 3.05) is 31.5 Å². The normalized spacial score (nSPS) is 19.6. The standard InChI is InChI=1S/C13H18ClN3O2/c1-2-17-6-4-9(8-17)7-16-12-11(14)10(13(18)19)3-5-15-12/h3,5,9H,2,4,6-8H2,1H3,(H,15,16)(H,18,19). The Balaban J connectivity index is 1.97. The van der Waals surface area contributed by atoms with E-state index < -0.39 is 5.97 Å². The van der Waals surface area contributed by atoms with Crippen LogP contribution in [0.15, 0.2) is 12.3 Å². The van der Waals surface area contributed by atoms with Crippen molar-refractivity contribution in [3.8, 4) is 0 Å². The molecule has 0 radical (unpaired) electrons. The van der Waals surface area contributed by atoms with Gasteiger partial charge in [0, 0.05) is 19.3 Å². The average Bonchev–Trinajstić information content (AvgIpc) is 2.85. The molecule has 1 unspecified atom stereocenters. The minimum Gasteiger partial charge on any atom is -0.478 e. The SMILES string of the molecule is CCN1CCC(CNc2nccc(C(=O)O)c2Cl)C1. The zero-order valence-corrected chi connectivity index (χ0v) is 11.7. The number of likely N-dealkylation sites (tertiary alicyclic amines) is 1. The molecule has 0 amide bonds. The van der Waals surface area contributed by atoms with Crippen LogP contribution in [0.4, 0.5) is 5.82 Å². The molecule has 19 heavy (non-hydrogen) atoms. The molecule has 0 aromatic carbocycles. The number of aromatic carboxylic acids is 1. The molecular weight excluding hydrogens is 266 g/mol. The van der Waals surface area contributed by atoms with E-state index in [1.807, 2.05) is 0 Å². The van der Waals surface area contributed by atoms with Crippen molar-refractivity contribution in [2.45, 2.75) is 13.3 Å². The zero-order chi connectivity index (χ0) is 13.8. The van der Waals surface area contributed by atoms with Crippen molar-refractivity contribution in [3.63, 3.8) is 0 Å². The number of nitrogens with zero attached hydrogens (tertiary/aromatic N) is 2. The van der Waals surface area contributed by atoms with Crippen LogP contribution in [0.1, 0.15) is 23.7 Å². The first kappa shape index (κ1) is 14.1. The van der Waals surface area contributed by atoms with Crippen LogP contribution in [-0.4, -0.2) is 47.1 Å². The van der Waals surface area contributed by atoms with Gasteiger partial charge in [-0.3, -0.25) is 0 Å². The summed E-state index contributed by atoms with van der Waals surface area (Å²) in [5.74, 6) is -0.0173. The Morgan fingerprint density at radius 3 is 3.11 bits per heavy atom. The Hall–Kier alpha value is -1.33. The van der Waals surface area contributed by atoms with Gasteiger partial charge in [-0.2, -0.15) is 0 Å². The number of halogens is 1. The Morgan fingerprint density at radius 1 is 1.68 bits per heavy atom. The molecule has 6 heteroatoms. The smallest absolute Gasteiger partial charge is 0.337 e. The van der Waals surface area contributed by atoms with E-state index >= 15 is 0 Å². The third kappa shape index (κ3) is 3.36. The van der Waals surface area contributed by atoms with Gasteiger partial charge in [-0.15, -0.1) is 0 Å². The van der Waals surface area contributed by atoms with Crippen LogP contribution in [0.2, 0.25) is 5.02 Å². The van der Waals surface area contributed by atoms with E-state index in [0.29, 0.717) is 11.7 Å². The van der Waals surface area contributed by atoms with E-state index in [9.17, 15) is 4.79 Å². The van der Waals surface area contributed by atoms with Crippen LogP contribution in [0.25, 0.3) is 0 Å². The van der Waals surface area contributed by atoms with Crippen molar-refractivity contribution >= 4 is 23.4 Å². The van der Waals surface area contributed by atoms with E-state index in [0.717, 1.165) is 32.6 Å². The molecule has 2 heterocycles. The first-order valence-corrected chi connectivity index (χ1v) is 6.83. The van der Waals surface area contributed by atoms with Crippen LogP contribution in [0.3, 0.4) is 0 Å². The predicted molar refractivity (Wildman–Crippen MR) is 74.9 cm³/mol. The van der Waals surface area contributed by atoms with Gasteiger partial charge < -0.3 is 15.3 Å². The first-order valence-electron chi connectivity index (χ1n) is 6.45. The minimum absolute atomic E-state index is 0.0840. The molecule has 1 fully saturated rings. The van der Waals surface area contributed by atoms with Gasteiger partial charge >= 0.3 is 5.97 Å². The van der Waals surface area contributed by atoms with Gasteiger partial charge in [0.15, 0.2) is 0 Å². The number of pyridine rings is 1. The summed E-state index contributed by atoms with van der Waals surface area (Å²) in [7, 11) is 0. The van der Waals surface area contributed by atoms with Crippen molar-refractivity contribution in [1.29, 1.82) is 0 Å². The highest BCUT2D eigenvalue weighted by atomic mass is 35.5. The van der Waals surface area contributed by atoms with E-state index in [1.54, 1.807) is 0 Å². The highest BCUT2D eigenvalue weighted by Crippen LogP contribution is 2.24. The molecule has 1 aromatic heterocycles. The fraction of sp³-hybridized carbons (Fsp3) is 0.538. The van der Waals surface area contributed by atoms with Crippen molar-refractivity contribution in [1.82, 2.24) is 9.88 Å². The quantitative estimate of drug-likeness (QED) is 0.867. The van der Waals surface area contributed by atoms with E-state index in [1.165, 1.54) is 12.3 Å². The summed E-state index contributed by atoms with van der Waals surface area (Å²) >= 11 is 6.03. The Morgan fingerprint density at radius 2 is 2.47 bits per heavy atom. The molecule has 1 aliphatic rings. The molecule has 0 spiro atoms. The maximum Gasteiger partial charge on any atom is 0.337 e. The molecule has 2 N–H and O–H groups in total. The van der Waals surface area contributed by atoms with Gasteiger partial charge in [0.25, 0.3) is 0 Å². The second-order valence-electron chi connectivity index (χ2n) is 4.76. The van der Waals surface area contributed by atoms with Crippen molar-refractivity contribution in [2.24, 2.45) is 5.92 Å². The third-order valence-corrected chi connectivity index (χ3v) is 3.88. The van der Waals surface area contributed by atoms with Gasteiger partial charge in [0.2, 0.25) is 0 Å². The number of anilines is 1. The predicted octanol–water partition coefficient (Wildman–Crippen LogP) is 2.19. The molecule has 1 aromatic rings. The number of carboxylic acids is 1. The fourth-order valence-electron chi connectivity index (χ4n) is 2.34. The van der Waals surface area contributed by atoms with Gasteiger partial charge in [0.05, 0.1) is 10.6 Å². The number of carboxylic acid groups (broad SMARTS) is 1. The van der Waals surface area contributed by atoms with E-state index in [2.05, 4.69) is 22.1 Å². The lowest BCUT2D eigenvalue weighted by molar-refractivity contribution is 0.0697. The van der Waals surface area contributed by atoms with Crippen LogP contribution in [0.5, 0.6) is 0 Å². The molecular formula is C13H18ClN3O2. The summed E-state index contributed by atoms with van der Waals surface area (Å²) in [4.78, 5) is 17.5. The molecule has 2 rings (SSSR count). The second kappa shape index (κ2) is 6.21. The topological polar surface area (TPSA) is 65.5 Å². The van der Waals surface area contributed by atoms with Gasteiger partial charge in [0.1, 0.15) is 5.82 Å². The Bertz CT molecular complexity index is 467. The molecule has 1 atom stereocenters. The largest absolute Gasteiger partial charge is 0.478 e. The first-order chi connectivity index (χ1) is 9.11. The lowest BCUT2D eigenvalue weighted by atomic mass is 10.1. The fourth-order valence-corrected chi connectivity index (χ4v) is 2.60. The number of aromatic nitrogens is 1. The van der Waals surface area contributed by atoms with Gasteiger partial charge in [-0.05, 0) is 31.5 Å². The molecule has 104 valence electrons. The number of hydrogen-bond acceptors (Lipinski definition) is 4. The third-order valence-electron chi connectivity index (χ3n) is 3.49. The average molecular weight is 284 g/mol. The summed E-state index contributed by atoms with van der Waals surface area (Å²) in [5.41, 5.74) is 0.0840. The highest BCUT2D eigenvalue weighted by Gasteiger charge is 2.21. The van der Waals surface area contributed by atoms with E-state index in [4.69, 9.17) is 16.7 Å². The minimum atomic E-state index is -1.03. The zero-order valence-electron chi connectivity index (χ0n) is 10.9. The van der Waals surface area contributed by atoms with Crippen LogP contribution in [-0.2, 0) is 0 Å². The summed E-state index contributed by atoms with van der Waals surface area (Å²) in [6, 6.07) is 1.41. The monoisotopic (exact) mass is 283 g/mol. The second-order valence-corrected chi connectivity index (χ2v) is 5.13. The van der Waals surface area contributed by atoms with Gasteiger partial charge in [-0.25, -0.2) is 9.78 Å². The lowest BCUT2D eigenvalue weighted by Crippen LogP contribution is -2.22. The number of hydrogen-bond donors (Lipinski definition) is 2. The molecule has 0 saturated carbocycles. The molecule has 1 aliphatic heterocycles.